The van der Waals surface area contributed by atoms with Crippen molar-refractivity contribution in [2.45, 2.75) is 102 Å². The number of hydrogen-bond donors (Lipinski definition) is 2. The molecule has 3 rings (SSSR count). The number of nitrogens with one attached hydrogen (secondary N) is 2. The van der Waals surface area contributed by atoms with Crippen LogP contribution >= 0.6 is 0 Å². The fourth-order valence-corrected chi connectivity index (χ4v) is 5.51. The van der Waals surface area contributed by atoms with E-state index in [9.17, 15) is 9.59 Å². The summed E-state index contributed by atoms with van der Waals surface area (Å²) in [6.07, 6.45) is 14.5. The second kappa shape index (κ2) is 9.90. The lowest BCUT2D eigenvalue weighted by Crippen LogP contribution is -2.57. The highest BCUT2D eigenvalue weighted by Crippen LogP contribution is 2.36. The van der Waals surface area contributed by atoms with E-state index in [1.54, 1.807) is 7.05 Å². The zero-order valence-electron chi connectivity index (χ0n) is 17.3. The van der Waals surface area contributed by atoms with E-state index in [0.29, 0.717) is 17.9 Å². The molecule has 1 aliphatic heterocycles. The van der Waals surface area contributed by atoms with E-state index in [1.165, 1.54) is 51.4 Å². The maximum Gasteiger partial charge on any atom is 0.245 e. The Balaban J connectivity index is 1.73. The first-order valence-corrected chi connectivity index (χ1v) is 11.4. The van der Waals surface area contributed by atoms with Crippen LogP contribution < -0.4 is 10.6 Å². The van der Waals surface area contributed by atoms with Crippen LogP contribution in [0.25, 0.3) is 0 Å². The molecule has 0 aromatic heterocycles. The summed E-state index contributed by atoms with van der Waals surface area (Å²) in [5.41, 5.74) is 0. The summed E-state index contributed by atoms with van der Waals surface area (Å²) in [7, 11) is 1.79. The molecule has 2 N–H and O–H groups in total. The van der Waals surface area contributed by atoms with Gasteiger partial charge in [0.25, 0.3) is 0 Å². The van der Waals surface area contributed by atoms with Gasteiger partial charge in [-0.3, -0.25) is 9.59 Å². The summed E-state index contributed by atoms with van der Waals surface area (Å²) in [5.74, 6) is 1.12. The summed E-state index contributed by atoms with van der Waals surface area (Å²) >= 11 is 0. The lowest BCUT2D eigenvalue weighted by Gasteiger charge is -2.38. The van der Waals surface area contributed by atoms with Crippen molar-refractivity contribution in [3.8, 4) is 0 Å². The van der Waals surface area contributed by atoms with E-state index in [0.717, 1.165) is 32.2 Å². The fraction of sp³-hybridized carbons (Fsp3) is 0.909. The molecule has 3 atom stereocenters. The zero-order chi connectivity index (χ0) is 19.2. The Morgan fingerprint density at radius 2 is 1.52 bits per heavy atom. The number of carbonyl (C=O) groups excluding carboxylic acids is 2. The molecular weight excluding hydrogens is 338 g/mol. The summed E-state index contributed by atoms with van der Waals surface area (Å²) < 4.78 is 0. The van der Waals surface area contributed by atoms with Crippen molar-refractivity contribution >= 4 is 11.8 Å². The molecule has 1 saturated heterocycles. The molecule has 3 fully saturated rings. The van der Waals surface area contributed by atoms with Crippen LogP contribution in [-0.2, 0) is 9.59 Å². The van der Waals surface area contributed by atoms with Gasteiger partial charge in [-0.15, -0.1) is 0 Å². The van der Waals surface area contributed by atoms with E-state index >= 15 is 0 Å². The number of nitrogens with zero attached hydrogens (tertiary/aromatic N) is 1. The van der Waals surface area contributed by atoms with E-state index in [1.807, 2.05) is 6.92 Å². The molecule has 0 radical (unpaired) electrons. The van der Waals surface area contributed by atoms with Crippen LogP contribution in [-0.4, -0.2) is 48.4 Å². The number of likely N-dealkylation sites (N-methyl/N-ethyl adjacent to an activating group) is 1. The van der Waals surface area contributed by atoms with Crippen LogP contribution in [0.4, 0.5) is 0 Å². The van der Waals surface area contributed by atoms with Crippen molar-refractivity contribution in [3.05, 3.63) is 0 Å². The first kappa shape index (κ1) is 20.6. The molecule has 0 aromatic carbocycles. The van der Waals surface area contributed by atoms with Crippen LogP contribution in [0.15, 0.2) is 0 Å². The molecule has 5 heteroatoms. The molecule has 0 spiro atoms. The Hall–Kier alpha value is -1.10. The molecule has 0 aromatic rings. The average Bonchev–Trinajstić information content (AvgIpc) is 3.22. The van der Waals surface area contributed by atoms with Crippen molar-refractivity contribution < 1.29 is 9.59 Å². The fourth-order valence-electron chi connectivity index (χ4n) is 5.51. The largest absolute Gasteiger partial charge is 0.343 e. The van der Waals surface area contributed by atoms with E-state index in [4.69, 9.17) is 0 Å². The quantitative estimate of drug-likeness (QED) is 0.747. The molecule has 154 valence electrons. The Morgan fingerprint density at radius 3 is 2.15 bits per heavy atom. The van der Waals surface area contributed by atoms with Gasteiger partial charge in [0.2, 0.25) is 11.8 Å². The van der Waals surface area contributed by atoms with Gasteiger partial charge in [-0.1, -0.05) is 38.5 Å². The van der Waals surface area contributed by atoms with Gasteiger partial charge in [-0.25, -0.2) is 0 Å². The first-order valence-electron chi connectivity index (χ1n) is 11.4. The first-order chi connectivity index (χ1) is 13.1. The van der Waals surface area contributed by atoms with Crippen molar-refractivity contribution in [2.75, 3.05) is 13.6 Å². The third-order valence-electron chi connectivity index (χ3n) is 7.29. The Kier molecular flexibility index (Phi) is 7.57. The van der Waals surface area contributed by atoms with E-state index in [-0.39, 0.29) is 23.9 Å². The van der Waals surface area contributed by atoms with Gasteiger partial charge in [-0.05, 0) is 64.3 Å². The highest BCUT2D eigenvalue weighted by molar-refractivity contribution is 5.90. The minimum absolute atomic E-state index is 0.0464. The number of rotatable bonds is 6. The van der Waals surface area contributed by atoms with Crippen LogP contribution in [0.2, 0.25) is 0 Å². The summed E-state index contributed by atoms with van der Waals surface area (Å²) in [4.78, 5) is 28.4. The van der Waals surface area contributed by atoms with E-state index < -0.39 is 0 Å². The number of carbonyl (C=O) groups is 2. The maximum atomic E-state index is 13.6. The zero-order valence-corrected chi connectivity index (χ0v) is 17.3. The monoisotopic (exact) mass is 377 g/mol. The molecule has 2 saturated carbocycles. The third kappa shape index (κ3) is 5.04. The van der Waals surface area contributed by atoms with Crippen LogP contribution in [0, 0.1) is 11.8 Å². The van der Waals surface area contributed by atoms with E-state index in [2.05, 4.69) is 15.5 Å². The predicted octanol–water partition coefficient (Wildman–Crippen LogP) is 3.23. The minimum atomic E-state index is -0.335. The number of amides is 2. The summed E-state index contributed by atoms with van der Waals surface area (Å²) in [6, 6.07) is -0.197. The predicted molar refractivity (Wildman–Crippen MR) is 108 cm³/mol. The molecule has 0 bridgehead atoms. The molecule has 1 heterocycles. The Bertz CT molecular complexity index is 498. The molecule has 27 heavy (non-hydrogen) atoms. The second-order valence-corrected chi connectivity index (χ2v) is 9.03. The molecule has 2 amide bonds. The van der Waals surface area contributed by atoms with Gasteiger partial charge in [0.1, 0.15) is 6.04 Å². The Morgan fingerprint density at radius 1 is 0.889 bits per heavy atom. The van der Waals surface area contributed by atoms with Crippen molar-refractivity contribution in [3.63, 3.8) is 0 Å². The van der Waals surface area contributed by atoms with Crippen LogP contribution in [0.1, 0.15) is 84.0 Å². The van der Waals surface area contributed by atoms with Crippen molar-refractivity contribution in [1.29, 1.82) is 0 Å². The standard InChI is InChI=1S/C22H39N3O2/c1-16(23-2)21(26)24-20(18-12-7-4-8-13-18)22(27)25-15-9-14-19(25)17-10-5-3-6-11-17/h16-20,23H,3-15H2,1-2H3,(H,24,26)/t16-,19?,20-/m0/s1. The van der Waals surface area contributed by atoms with Crippen LogP contribution in [0.5, 0.6) is 0 Å². The molecule has 2 aliphatic carbocycles. The summed E-state index contributed by atoms with van der Waals surface area (Å²) in [5, 5.41) is 6.15. The third-order valence-corrected chi connectivity index (χ3v) is 7.29. The maximum absolute atomic E-state index is 13.6. The highest BCUT2D eigenvalue weighted by Gasteiger charge is 2.41. The molecular formula is C22H39N3O2. The van der Waals surface area contributed by atoms with Gasteiger partial charge in [0, 0.05) is 12.6 Å². The van der Waals surface area contributed by atoms with Gasteiger partial charge in [0.15, 0.2) is 0 Å². The second-order valence-electron chi connectivity index (χ2n) is 9.03. The lowest BCUT2D eigenvalue weighted by molar-refractivity contribution is -0.140. The van der Waals surface area contributed by atoms with Crippen LogP contribution in [0.3, 0.4) is 0 Å². The van der Waals surface area contributed by atoms with Crippen molar-refractivity contribution in [1.82, 2.24) is 15.5 Å². The lowest BCUT2D eigenvalue weighted by atomic mass is 9.81. The van der Waals surface area contributed by atoms with Crippen molar-refractivity contribution in [2.24, 2.45) is 11.8 Å². The average molecular weight is 378 g/mol. The van der Waals surface area contributed by atoms with Gasteiger partial charge in [-0.2, -0.15) is 0 Å². The van der Waals surface area contributed by atoms with Gasteiger partial charge >= 0.3 is 0 Å². The smallest absolute Gasteiger partial charge is 0.245 e. The van der Waals surface area contributed by atoms with Gasteiger partial charge < -0.3 is 15.5 Å². The molecule has 3 aliphatic rings. The van der Waals surface area contributed by atoms with Gasteiger partial charge in [0.05, 0.1) is 6.04 Å². The highest BCUT2D eigenvalue weighted by atomic mass is 16.2. The Labute approximate surface area is 165 Å². The topological polar surface area (TPSA) is 61.4 Å². The summed E-state index contributed by atoms with van der Waals surface area (Å²) in [6.45, 7) is 2.74. The molecule has 5 nitrogen and oxygen atoms in total. The number of hydrogen-bond acceptors (Lipinski definition) is 3. The molecule has 1 unspecified atom stereocenters. The minimum Gasteiger partial charge on any atom is -0.343 e. The SMILES string of the molecule is CN[C@@H](C)C(=O)N[C@H](C(=O)N1CCCC1C1CCCCC1)C1CCCCC1. The number of likely N-dealkylation sites (tertiary alicyclic amines) is 1. The normalized spacial score (nSPS) is 27.3.